The van der Waals surface area contributed by atoms with Crippen molar-refractivity contribution in [1.29, 1.82) is 5.26 Å². The molecule has 0 aliphatic heterocycles. The first kappa shape index (κ1) is 10.7. The molecule has 1 aliphatic carbocycles. The van der Waals surface area contributed by atoms with Crippen LogP contribution in [0.1, 0.15) is 36.6 Å². The quantitative estimate of drug-likeness (QED) is 0.847. The minimum absolute atomic E-state index is 0.617. The van der Waals surface area contributed by atoms with Gasteiger partial charge in [-0.15, -0.1) is 11.3 Å². The Hall–Kier alpha value is -0.850. The standard InChI is InChI=1S/C12H16N2S/c1-9(11-3-2-4-11)14-7-12-5-10(6-13)8-15-12/h5,8-9,11,14H,2-4,7H2,1H3. The normalized spacial score (nSPS) is 18.1. The molecule has 0 radical (unpaired) electrons. The first-order chi connectivity index (χ1) is 7.29. The van der Waals surface area contributed by atoms with Gasteiger partial charge in [0.05, 0.1) is 5.56 Å². The number of hydrogen-bond acceptors (Lipinski definition) is 3. The van der Waals surface area contributed by atoms with Crippen molar-refractivity contribution in [2.45, 2.75) is 38.8 Å². The van der Waals surface area contributed by atoms with Gasteiger partial charge in [-0.3, -0.25) is 0 Å². The maximum absolute atomic E-state index is 8.70. The van der Waals surface area contributed by atoms with E-state index in [1.807, 2.05) is 11.4 Å². The van der Waals surface area contributed by atoms with E-state index in [0.29, 0.717) is 6.04 Å². The largest absolute Gasteiger partial charge is 0.309 e. The molecule has 0 spiro atoms. The van der Waals surface area contributed by atoms with Crippen LogP contribution in [0, 0.1) is 17.2 Å². The Morgan fingerprint density at radius 1 is 1.67 bits per heavy atom. The second-order valence-electron chi connectivity index (χ2n) is 4.27. The molecule has 15 heavy (non-hydrogen) atoms. The molecule has 1 unspecified atom stereocenters. The Labute approximate surface area is 94.9 Å². The van der Waals surface area contributed by atoms with Crippen LogP contribution >= 0.6 is 11.3 Å². The summed E-state index contributed by atoms with van der Waals surface area (Å²) in [5, 5.41) is 14.2. The third kappa shape index (κ3) is 2.58. The lowest BCUT2D eigenvalue weighted by Gasteiger charge is -2.31. The monoisotopic (exact) mass is 220 g/mol. The highest BCUT2D eigenvalue weighted by Crippen LogP contribution is 2.29. The third-order valence-corrected chi connectivity index (χ3v) is 4.17. The van der Waals surface area contributed by atoms with E-state index in [1.54, 1.807) is 11.3 Å². The lowest BCUT2D eigenvalue weighted by atomic mass is 9.80. The molecular weight excluding hydrogens is 204 g/mol. The Bertz CT molecular complexity index is 360. The van der Waals surface area contributed by atoms with E-state index in [4.69, 9.17) is 5.26 Å². The number of thiophene rings is 1. The van der Waals surface area contributed by atoms with Crippen LogP contribution in [0.25, 0.3) is 0 Å². The van der Waals surface area contributed by atoms with E-state index >= 15 is 0 Å². The molecule has 80 valence electrons. The van der Waals surface area contributed by atoms with Gasteiger partial charge in [-0.2, -0.15) is 5.26 Å². The molecule has 0 aromatic carbocycles. The zero-order chi connectivity index (χ0) is 10.7. The molecule has 1 aromatic heterocycles. The molecule has 1 fully saturated rings. The summed E-state index contributed by atoms with van der Waals surface area (Å²) in [7, 11) is 0. The molecule has 1 N–H and O–H groups in total. The maximum Gasteiger partial charge on any atom is 0.100 e. The van der Waals surface area contributed by atoms with Crippen LogP contribution in [0.15, 0.2) is 11.4 Å². The summed E-state index contributed by atoms with van der Waals surface area (Å²) in [5.41, 5.74) is 0.785. The van der Waals surface area contributed by atoms with Crippen LogP contribution in [0.3, 0.4) is 0 Å². The van der Waals surface area contributed by atoms with Crippen molar-refractivity contribution in [3.8, 4) is 6.07 Å². The molecule has 2 rings (SSSR count). The smallest absolute Gasteiger partial charge is 0.100 e. The summed E-state index contributed by atoms with van der Waals surface area (Å²) in [5.74, 6) is 0.875. The van der Waals surface area contributed by atoms with Crippen molar-refractivity contribution in [3.05, 3.63) is 21.9 Å². The molecule has 0 amide bonds. The highest BCUT2D eigenvalue weighted by atomic mass is 32.1. The van der Waals surface area contributed by atoms with Crippen molar-refractivity contribution in [2.24, 2.45) is 5.92 Å². The number of nitrogens with one attached hydrogen (secondary N) is 1. The Balaban J connectivity index is 1.79. The second kappa shape index (κ2) is 4.78. The van der Waals surface area contributed by atoms with Gasteiger partial charge in [-0.25, -0.2) is 0 Å². The van der Waals surface area contributed by atoms with Gasteiger partial charge < -0.3 is 5.32 Å². The van der Waals surface area contributed by atoms with Crippen molar-refractivity contribution in [2.75, 3.05) is 0 Å². The molecule has 0 bridgehead atoms. The van der Waals surface area contributed by atoms with Crippen molar-refractivity contribution in [3.63, 3.8) is 0 Å². The van der Waals surface area contributed by atoms with Gasteiger partial charge in [-0.1, -0.05) is 6.42 Å². The zero-order valence-corrected chi connectivity index (χ0v) is 9.81. The van der Waals surface area contributed by atoms with E-state index in [2.05, 4.69) is 18.3 Å². The third-order valence-electron chi connectivity index (χ3n) is 3.24. The van der Waals surface area contributed by atoms with Crippen molar-refractivity contribution in [1.82, 2.24) is 5.32 Å². The summed E-state index contributed by atoms with van der Waals surface area (Å²) in [6, 6.07) is 4.76. The van der Waals surface area contributed by atoms with Gasteiger partial charge in [0.2, 0.25) is 0 Å². The van der Waals surface area contributed by atoms with Crippen molar-refractivity contribution >= 4 is 11.3 Å². The van der Waals surface area contributed by atoms with Gasteiger partial charge in [0.15, 0.2) is 0 Å². The van der Waals surface area contributed by atoms with Gasteiger partial charge in [0, 0.05) is 22.8 Å². The van der Waals surface area contributed by atoms with Gasteiger partial charge in [-0.05, 0) is 31.7 Å². The lowest BCUT2D eigenvalue weighted by Crippen LogP contribution is -2.36. The average molecular weight is 220 g/mol. The van der Waals surface area contributed by atoms with E-state index in [-0.39, 0.29) is 0 Å². The topological polar surface area (TPSA) is 35.8 Å². The fraction of sp³-hybridized carbons (Fsp3) is 0.583. The van der Waals surface area contributed by atoms with Gasteiger partial charge >= 0.3 is 0 Å². The first-order valence-corrected chi connectivity index (χ1v) is 6.38. The SMILES string of the molecule is CC(NCc1cc(C#N)cs1)C1CCC1. The number of rotatable bonds is 4. The minimum Gasteiger partial charge on any atom is -0.309 e. The molecule has 2 nitrogen and oxygen atoms in total. The molecular formula is C12H16N2S. The van der Waals surface area contributed by atoms with Crippen LogP contribution in [-0.2, 0) is 6.54 Å². The molecule has 1 heterocycles. The Morgan fingerprint density at radius 3 is 3.00 bits per heavy atom. The lowest BCUT2D eigenvalue weighted by molar-refractivity contribution is 0.240. The van der Waals surface area contributed by atoms with Crippen molar-refractivity contribution < 1.29 is 0 Å². The van der Waals surface area contributed by atoms with Gasteiger partial charge in [0.1, 0.15) is 6.07 Å². The summed E-state index contributed by atoms with van der Waals surface area (Å²) < 4.78 is 0. The van der Waals surface area contributed by atoms with E-state index in [1.165, 1.54) is 24.1 Å². The van der Waals surface area contributed by atoms with E-state index in [9.17, 15) is 0 Å². The van der Waals surface area contributed by atoms with Crippen LogP contribution in [0.4, 0.5) is 0 Å². The highest BCUT2D eigenvalue weighted by Gasteiger charge is 2.23. The van der Waals surface area contributed by atoms with E-state index in [0.717, 1.165) is 18.0 Å². The number of hydrogen-bond donors (Lipinski definition) is 1. The van der Waals surface area contributed by atoms with Crippen LogP contribution in [-0.4, -0.2) is 6.04 Å². The van der Waals surface area contributed by atoms with Gasteiger partial charge in [0.25, 0.3) is 0 Å². The molecule has 1 atom stereocenters. The molecule has 0 saturated heterocycles. The maximum atomic E-state index is 8.70. The van der Waals surface area contributed by atoms with Crippen LogP contribution < -0.4 is 5.32 Å². The Kier molecular flexibility index (Phi) is 3.40. The highest BCUT2D eigenvalue weighted by molar-refractivity contribution is 7.10. The minimum atomic E-state index is 0.617. The molecule has 1 saturated carbocycles. The number of nitriles is 1. The average Bonchev–Trinajstić information content (AvgIpc) is 2.59. The Morgan fingerprint density at radius 2 is 2.47 bits per heavy atom. The van der Waals surface area contributed by atoms with Crippen LogP contribution in [0.5, 0.6) is 0 Å². The second-order valence-corrected chi connectivity index (χ2v) is 5.27. The predicted molar refractivity (Wildman–Crippen MR) is 62.7 cm³/mol. The molecule has 1 aliphatic rings. The zero-order valence-electron chi connectivity index (χ0n) is 8.99. The van der Waals surface area contributed by atoms with Crippen LogP contribution in [0.2, 0.25) is 0 Å². The summed E-state index contributed by atoms with van der Waals surface area (Å²) in [6.07, 6.45) is 4.15. The molecule has 1 aromatic rings. The predicted octanol–water partition coefficient (Wildman–Crippen LogP) is 2.90. The molecule has 3 heteroatoms. The summed E-state index contributed by atoms with van der Waals surface area (Å²) in [4.78, 5) is 1.26. The van der Waals surface area contributed by atoms with E-state index < -0.39 is 0 Å². The summed E-state index contributed by atoms with van der Waals surface area (Å²) in [6.45, 7) is 3.17. The first-order valence-electron chi connectivity index (χ1n) is 5.50. The fourth-order valence-electron chi connectivity index (χ4n) is 1.90. The summed E-state index contributed by atoms with van der Waals surface area (Å²) >= 11 is 1.67. The number of nitrogens with zero attached hydrogens (tertiary/aromatic N) is 1. The fourth-order valence-corrected chi connectivity index (χ4v) is 2.66.